The predicted octanol–water partition coefficient (Wildman–Crippen LogP) is 1.21. The summed E-state index contributed by atoms with van der Waals surface area (Å²) in [6.07, 6.45) is 3.86. The van der Waals surface area contributed by atoms with E-state index in [0.717, 1.165) is 0 Å². The van der Waals surface area contributed by atoms with Crippen molar-refractivity contribution in [1.82, 2.24) is 0 Å². The molecule has 2 nitrogen and oxygen atoms in total. The van der Waals surface area contributed by atoms with Crippen LogP contribution in [0.4, 0.5) is 4.39 Å². The van der Waals surface area contributed by atoms with Crippen LogP contribution in [-0.2, 0) is 4.79 Å². The highest BCUT2D eigenvalue weighted by atomic mass is 19.1. The molecule has 0 aromatic heterocycles. The van der Waals surface area contributed by atoms with Gasteiger partial charge in [0.25, 0.3) is 0 Å². The van der Waals surface area contributed by atoms with Crippen LogP contribution in [0.5, 0.6) is 0 Å². The van der Waals surface area contributed by atoms with Crippen molar-refractivity contribution in [3.8, 4) is 12.3 Å². The Morgan fingerprint density at radius 1 is 1.80 bits per heavy atom. The van der Waals surface area contributed by atoms with Gasteiger partial charge in [-0.1, -0.05) is 5.92 Å². The molecule has 0 heterocycles. The lowest BCUT2D eigenvalue weighted by Crippen LogP contribution is -1.99. The molecular formula is C7H9FO2. The van der Waals surface area contributed by atoms with Gasteiger partial charge in [-0.25, -0.2) is 4.39 Å². The van der Waals surface area contributed by atoms with Crippen LogP contribution in [0.1, 0.15) is 19.3 Å². The van der Waals surface area contributed by atoms with Gasteiger partial charge in [0.05, 0.1) is 0 Å². The predicted molar refractivity (Wildman–Crippen MR) is 35.2 cm³/mol. The zero-order valence-electron chi connectivity index (χ0n) is 5.51. The van der Waals surface area contributed by atoms with E-state index in [0.29, 0.717) is 6.42 Å². The molecule has 0 aliphatic heterocycles. The van der Waals surface area contributed by atoms with Crippen molar-refractivity contribution >= 4 is 5.97 Å². The van der Waals surface area contributed by atoms with E-state index in [4.69, 9.17) is 11.5 Å². The lowest BCUT2D eigenvalue weighted by molar-refractivity contribution is -0.137. The van der Waals surface area contributed by atoms with Crippen LogP contribution in [0.25, 0.3) is 0 Å². The second-order valence-corrected chi connectivity index (χ2v) is 1.92. The minimum Gasteiger partial charge on any atom is -0.481 e. The van der Waals surface area contributed by atoms with Crippen molar-refractivity contribution in [3.05, 3.63) is 0 Å². The molecule has 0 fully saturated rings. The van der Waals surface area contributed by atoms with Crippen LogP contribution in [0.2, 0.25) is 0 Å². The largest absolute Gasteiger partial charge is 0.481 e. The Morgan fingerprint density at radius 3 is 2.80 bits per heavy atom. The third kappa shape index (κ3) is 5.10. The second-order valence-electron chi connectivity index (χ2n) is 1.92. The molecule has 0 aliphatic carbocycles. The first-order valence-corrected chi connectivity index (χ1v) is 2.99. The van der Waals surface area contributed by atoms with Gasteiger partial charge in [0.15, 0.2) is 6.17 Å². The first-order chi connectivity index (χ1) is 4.66. The number of carboxylic acids is 1. The summed E-state index contributed by atoms with van der Waals surface area (Å²) in [6.45, 7) is 0. The molecule has 1 atom stereocenters. The zero-order valence-corrected chi connectivity index (χ0v) is 5.51. The number of alkyl halides is 1. The number of rotatable bonds is 4. The smallest absolute Gasteiger partial charge is 0.303 e. The topological polar surface area (TPSA) is 37.3 Å². The Bertz CT molecular complexity index is 148. The maximum atomic E-state index is 12.2. The zero-order chi connectivity index (χ0) is 7.98. The monoisotopic (exact) mass is 144 g/mol. The molecule has 0 spiro atoms. The normalized spacial score (nSPS) is 12.0. The third-order valence-electron chi connectivity index (χ3n) is 1.03. The molecule has 0 aromatic rings. The van der Waals surface area contributed by atoms with Crippen molar-refractivity contribution in [2.45, 2.75) is 25.4 Å². The molecule has 0 aliphatic rings. The number of terminal acetylenes is 1. The Labute approximate surface area is 59.0 Å². The number of carboxylic acid groups (broad SMARTS) is 1. The van der Waals surface area contributed by atoms with E-state index in [2.05, 4.69) is 0 Å². The van der Waals surface area contributed by atoms with Gasteiger partial charge in [0.1, 0.15) is 0 Å². The SMILES string of the molecule is C#C[C@H](F)CCCC(=O)O. The third-order valence-corrected chi connectivity index (χ3v) is 1.03. The summed E-state index contributed by atoms with van der Waals surface area (Å²) in [6, 6.07) is 0. The van der Waals surface area contributed by atoms with Gasteiger partial charge in [-0.05, 0) is 12.8 Å². The number of carbonyl (C=O) groups is 1. The summed E-state index contributed by atoms with van der Waals surface area (Å²) < 4.78 is 12.2. The maximum Gasteiger partial charge on any atom is 0.303 e. The van der Waals surface area contributed by atoms with Gasteiger partial charge in [0, 0.05) is 6.42 Å². The van der Waals surface area contributed by atoms with Gasteiger partial charge in [-0.2, -0.15) is 0 Å². The van der Waals surface area contributed by atoms with Gasteiger partial charge in [0.2, 0.25) is 0 Å². The molecule has 0 rings (SSSR count). The maximum absolute atomic E-state index is 12.2. The number of hydrogen-bond acceptors (Lipinski definition) is 1. The van der Waals surface area contributed by atoms with Crippen LogP contribution < -0.4 is 0 Å². The van der Waals surface area contributed by atoms with E-state index in [1.165, 1.54) is 0 Å². The summed E-state index contributed by atoms with van der Waals surface area (Å²) in [5, 5.41) is 8.12. The summed E-state index contributed by atoms with van der Waals surface area (Å²) >= 11 is 0. The first-order valence-electron chi connectivity index (χ1n) is 2.99. The Morgan fingerprint density at radius 2 is 2.40 bits per heavy atom. The van der Waals surface area contributed by atoms with Crippen LogP contribution in [0.3, 0.4) is 0 Å². The van der Waals surface area contributed by atoms with Crippen LogP contribution in [-0.4, -0.2) is 17.2 Å². The lowest BCUT2D eigenvalue weighted by atomic mass is 10.2. The van der Waals surface area contributed by atoms with Gasteiger partial charge in [-0.15, -0.1) is 6.42 Å². The first kappa shape index (κ1) is 8.96. The highest BCUT2D eigenvalue weighted by molar-refractivity contribution is 5.66. The van der Waals surface area contributed by atoms with Crippen molar-refractivity contribution in [2.24, 2.45) is 0 Å². The van der Waals surface area contributed by atoms with Crippen molar-refractivity contribution < 1.29 is 14.3 Å². The average Bonchev–Trinajstić information content (AvgIpc) is 1.87. The van der Waals surface area contributed by atoms with Crippen LogP contribution >= 0.6 is 0 Å². The minimum absolute atomic E-state index is 0.0118. The summed E-state index contributed by atoms with van der Waals surface area (Å²) in [5.41, 5.74) is 0. The number of aliphatic carboxylic acids is 1. The fourth-order valence-corrected chi connectivity index (χ4v) is 0.516. The van der Waals surface area contributed by atoms with Gasteiger partial charge in [-0.3, -0.25) is 4.79 Å². The molecule has 0 unspecified atom stereocenters. The molecule has 0 saturated carbocycles. The Balaban J connectivity index is 3.22. The van der Waals surface area contributed by atoms with Crippen molar-refractivity contribution in [1.29, 1.82) is 0 Å². The molecule has 0 saturated heterocycles. The molecule has 56 valence electrons. The number of halogens is 1. The lowest BCUT2D eigenvalue weighted by Gasteiger charge is -1.96. The number of hydrogen-bond donors (Lipinski definition) is 1. The van der Waals surface area contributed by atoms with E-state index in [9.17, 15) is 9.18 Å². The molecule has 3 heteroatoms. The van der Waals surface area contributed by atoms with Gasteiger partial charge >= 0.3 is 5.97 Å². The quantitative estimate of drug-likeness (QED) is 0.602. The van der Waals surface area contributed by atoms with E-state index >= 15 is 0 Å². The summed E-state index contributed by atoms with van der Waals surface area (Å²) in [7, 11) is 0. The molecule has 10 heavy (non-hydrogen) atoms. The van der Waals surface area contributed by atoms with E-state index in [1.807, 2.05) is 5.92 Å². The van der Waals surface area contributed by atoms with Gasteiger partial charge < -0.3 is 5.11 Å². The highest BCUT2D eigenvalue weighted by Gasteiger charge is 2.02. The molecule has 0 amide bonds. The Kier molecular flexibility index (Phi) is 4.30. The fraction of sp³-hybridized carbons (Fsp3) is 0.571. The molecule has 0 bridgehead atoms. The Hall–Kier alpha value is -1.04. The average molecular weight is 144 g/mol. The summed E-state index contributed by atoms with van der Waals surface area (Å²) in [4.78, 5) is 9.90. The fourth-order valence-electron chi connectivity index (χ4n) is 0.516. The second kappa shape index (κ2) is 4.80. The molecule has 0 radical (unpaired) electrons. The molecule has 0 aromatic carbocycles. The minimum atomic E-state index is -1.29. The van der Waals surface area contributed by atoms with Crippen LogP contribution in [0, 0.1) is 12.3 Å². The van der Waals surface area contributed by atoms with Crippen LogP contribution in [0.15, 0.2) is 0 Å². The van der Waals surface area contributed by atoms with E-state index in [1.54, 1.807) is 0 Å². The van der Waals surface area contributed by atoms with E-state index < -0.39 is 12.1 Å². The highest BCUT2D eigenvalue weighted by Crippen LogP contribution is 2.02. The molecular weight excluding hydrogens is 135 g/mol. The standard InChI is InChI=1S/C7H9FO2/c1-2-6(8)4-3-5-7(9)10/h1,6H,3-5H2,(H,9,10)/t6-/m0/s1. The molecule has 1 N–H and O–H groups in total. The van der Waals surface area contributed by atoms with Crippen molar-refractivity contribution in [2.75, 3.05) is 0 Å². The van der Waals surface area contributed by atoms with E-state index in [-0.39, 0.29) is 12.8 Å². The van der Waals surface area contributed by atoms with Crippen molar-refractivity contribution in [3.63, 3.8) is 0 Å². The summed E-state index contributed by atoms with van der Waals surface area (Å²) in [5.74, 6) is 0.966.